The van der Waals surface area contributed by atoms with Crippen LogP contribution in [-0.4, -0.2) is 28.6 Å². The predicted octanol–water partition coefficient (Wildman–Crippen LogP) is 9.36. The van der Waals surface area contributed by atoms with E-state index in [0.717, 1.165) is 34.7 Å². The zero-order valence-corrected chi connectivity index (χ0v) is 30.3. The van der Waals surface area contributed by atoms with E-state index < -0.39 is 0 Å². The number of benzene rings is 3. The maximum atomic E-state index is 10.4. The average Bonchev–Trinajstić information content (AvgIpc) is 2.87. The average molecular weight is 659 g/mol. The molecule has 0 amide bonds. The van der Waals surface area contributed by atoms with E-state index in [1.54, 1.807) is 18.2 Å². The van der Waals surface area contributed by atoms with Gasteiger partial charge in [0, 0.05) is 23.8 Å². The van der Waals surface area contributed by atoms with E-state index in [1.165, 1.54) is 6.92 Å². The first-order valence-electron chi connectivity index (χ1n) is 14.8. The Morgan fingerprint density at radius 3 is 1.31 bits per heavy atom. The summed E-state index contributed by atoms with van der Waals surface area (Å²) in [7, 11) is 0. The van der Waals surface area contributed by atoms with Gasteiger partial charge in [-0.3, -0.25) is 4.79 Å². The second-order valence-corrected chi connectivity index (χ2v) is 15.0. The molecule has 0 bridgehead atoms. The minimum absolute atomic E-state index is 0. The van der Waals surface area contributed by atoms with Gasteiger partial charge in [-0.2, -0.15) is 30.6 Å². The number of carbonyl (C=O) groups is 1. The van der Waals surface area contributed by atoms with Crippen LogP contribution in [0.25, 0.3) is 10.8 Å². The first-order valence-corrected chi connectivity index (χ1v) is 14.8. The third-order valence-electron chi connectivity index (χ3n) is 6.84. The van der Waals surface area contributed by atoms with Gasteiger partial charge in [0.2, 0.25) is 0 Å². The molecule has 3 rings (SSSR count). The van der Waals surface area contributed by atoms with Crippen molar-refractivity contribution in [3.8, 4) is 17.2 Å². The molecule has 0 fully saturated rings. The van der Waals surface area contributed by atoms with Gasteiger partial charge in [-0.25, -0.2) is 0 Å². The van der Waals surface area contributed by atoms with Crippen molar-refractivity contribution in [3.63, 3.8) is 0 Å². The second kappa shape index (κ2) is 16.2. The van der Waals surface area contributed by atoms with E-state index in [1.807, 2.05) is 30.3 Å². The number of ether oxygens (including phenoxy) is 1. The van der Waals surface area contributed by atoms with Crippen LogP contribution in [0.15, 0.2) is 48.5 Å². The van der Waals surface area contributed by atoms with Crippen LogP contribution in [0, 0.1) is 6.07 Å². The Labute approximate surface area is 281 Å². The van der Waals surface area contributed by atoms with Gasteiger partial charge in [-0.1, -0.05) is 95.2 Å². The summed E-state index contributed by atoms with van der Waals surface area (Å²) < 4.78 is 4.72. The fraction of sp³-hybridized carbons (Fsp3) is 0.447. The number of hydrogen-bond donors (Lipinski definition) is 2. The molecule has 0 unspecified atom stereocenters. The van der Waals surface area contributed by atoms with E-state index >= 15 is 0 Å². The summed E-state index contributed by atoms with van der Waals surface area (Å²) in [6.45, 7) is 26.4. The molecule has 0 aliphatic heterocycles. The molecule has 0 saturated carbocycles. The van der Waals surface area contributed by atoms with Crippen molar-refractivity contribution in [2.75, 3.05) is 0 Å². The Kier molecular flexibility index (Phi) is 15.0. The number of hydrogen-bond acceptors (Lipinski definition) is 4. The Bertz CT molecular complexity index is 1350. The zero-order valence-electron chi connectivity index (χ0n) is 29.2. The van der Waals surface area contributed by atoms with Crippen LogP contribution in [0.1, 0.15) is 123 Å². The monoisotopic (exact) mass is 658 g/mol. The van der Waals surface area contributed by atoms with Crippen LogP contribution in [0.2, 0.25) is 0 Å². The molecule has 2 N–H and O–H groups in total. The van der Waals surface area contributed by atoms with Crippen LogP contribution < -0.4 is 4.74 Å². The maximum Gasteiger partial charge on any atom is 3.00 e. The Hall–Kier alpha value is -3.42. The van der Waals surface area contributed by atoms with E-state index in [0.29, 0.717) is 16.9 Å². The molecule has 0 saturated heterocycles. The summed E-state index contributed by atoms with van der Waals surface area (Å²) in [6.07, 6.45) is 1.94. The molecule has 0 heterocycles. The molecule has 7 heteroatoms. The molecular weight excluding hydrogens is 607 g/mol. The summed E-state index contributed by atoms with van der Waals surface area (Å²) in [5.74, 6) is 0.499. The number of para-hydroxylation sites is 1. The first-order chi connectivity index (χ1) is 19.9. The quantitative estimate of drug-likeness (QED) is 0.126. The molecule has 0 aliphatic carbocycles. The number of phenols is 2. The van der Waals surface area contributed by atoms with Crippen molar-refractivity contribution in [2.24, 2.45) is 0 Å². The molecule has 246 valence electrons. The van der Waals surface area contributed by atoms with E-state index in [2.05, 4.69) is 89.2 Å². The zero-order chi connectivity index (χ0) is 34.3. The van der Waals surface area contributed by atoms with Gasteiger partial charge in [-0.15, -0.1) is 12.1 Å². The number of rotatable bonds is 3. The molecule has 0 atom stereocenters. The van der Waals surface area contributed by atoms with Crippen molar-refractivity contribution in [3.05, 3.63) is 98.8 Å². The number of aromatic hydroxyl groups is 2. The van der Waals surface area contributed by atoms with Crippen molar-refractivity contribution < 1.29 is 36.5 Å². The van der Waals surface area contributed by atoms with Gasteiger partial charge in [0.15, 0.2) is 0 Å². The molecule has 3 aromatic rings. The van der Waals surface area contributed by atoms with Crippen molar-refractivity contribution in [1.29, 1.82) is 0 Å². The molecule has 0 aromatic heterocycles. The summed E-state index contributed by atoms with van der Waals surface area (Å²) in [4.78, 5) is 10.4. The SMILES string of the molecule is CC(=O)Oc1[c-]cccc1.CC(C)(C)c1cc(C=[N-])c(O)c(C(C)(C)C)c1.CC(C)(C)c1cc(C=[N-])c(O)c(C(C)(C)C)c1.[Co+3]. The molecule has 0 spiro atoms. The minimum Gasteiger partial charge on any atom is -0.810 e. The van der Waals surface area contributed by atoms with Gasteiger partial charge in [0.1, 0.15) is 11.5 Å². The van der Waals surface area contributed by atoms with Crippen molar-refractivity contribution in [2.45, 2.75) is 112 Å². The van der Waals surface area contributed by atoms with E-state index in [9.17, 15) is 25.8 Å². The standard InChI is InChI=1S/2C15H22NO.C8H7O2.Co/c2*1-14(2,3)11-7-10(9-16)13(17)12(8-11)15(4,5)6;1-7(9)10-8-5-3-2-4-6-8;/h2*7-9,17H,1-6H3;2-5H,1H3;/q3*-1;+3. The van der Waals surface area contributed by atoms with Gasteiger partial charge < -0.3 is 25.8 Å². The van der Waals surface area contributed by atoms with Crippen LogP contribution in [0.5, 0.6) is 17.2 Å². The van der Waals surface area contributed by atoms with E-state index in [-0.39, 0.29) is 55.9 Å². The Morgan fingerprint density at radius 2 is 1.07 bits per heavy atom. The number of esters is 1. The fourth-order valence-electron chi connectivity index (χ4n) is 4.12. The molecule has 3 aromatic carbocycles. The molecule has 6 nitrogen and oxygen atoms in total. The molecular formula is C38H51CoN2O4. The van der Waals surface area contributed by atoms with Crippen LogP contribution in [0.4, 0.5) is 0 Å². The topological polar surface area (TPSA) is 111 Å². The molecule has 0 radical (unpaired) electrons. The Balaban J connectivity index is 0.000000660. The summed E-state index contributed by atoms with van der Waals surface area (Å²) in [5.41, 5.74) is 4.62. The Morgan fingerprint density at radius 1 is 0.689 bits per heavy atom. The number of carbonyl (C=O) groups excluding carboxylic acids is 1. The van der Waals surface area contributed by atoms with Crippen LogP contribution >= 0.6 is 0 Å². The van der Waals surface area contributed by atoms with Crippen molar-refractivity contribution >= 4 is 18.4 Å². The second-order valence-electron chi connectivity index (χ2n) is 15.0. The van der Waals surface area contributed by atoms with E-state index in [4.69, 9.17) is 4.74 Å². The smallest absolute Gasteiger partial charge is 0.810 e. The van der Waals surface area contributed by atoms with Gasteiger partial charge in [-0.05, 0) is 56.0 Å². The van der Waals surface area contributed by atoms with Crippen LogP contribution in [-0.2, 0) is 43.2 Å². The fourth-order valence-corrected chi connectivity index (χ4v) is 4.12. The van der Waals surface area contributed by atoms with Crippen LogP contribution in [0.3, 0.4) is 0 Å². The minimum atomic E-state index is -0.317. The first kappa shape index (κ1) is 41.6. The van der Waals surface area contributed by atoms with Gasteiger partial charge in [0.25, 0.3) is 0 Å². The third kappa shape index (κ3) is 12.8. The normalized spacial score (nSPS) is 11.5. The summed E-state index contributed by atoms with van der Waals surface area (Å²) in [6, 6.07) is 17.5. The largest absolute Gasteiger partial charge is 3.00 e. The molecule has 0 aliphatic rings. The predicted molar refractivity (Wildman–Crippen MR) is 185 cm³/mol. The maximum absolute atomic E-state index is 10.4. The summed E-state index contributed by atoms with van der Waals surface area (Å²) in [5, 5.41) is 38.7. The summed E-state index contributed by atoms with van der Waals surface area (Å²) >= 11 is 0. The van der Waals surface area contributed by atoms with Crippen molar-refractivity contribution in [1.82, 2.24) is 0 Å². The van der Waals surface area contributed by atoms with Gasteiger partial charge >= 0.3 is 22.7 Å². The third-order valence-corrected chi connectivity index (χ3v) is 6.84. The number of nitrogens with zero attached hydrogens (tertiary/aromatic N) is 2. The number of phenolic OH excluding ortho intramolecular Hbond substituents is 2. The van der Waals surface area contributed by atoms with Gasteiger partial charge in [0.05, 0.1) is 0 Å². The molecule has 45 heavy (non-hydrogen) atoms.